The van der Waals surface area contributed by atoms with E-state index in [9.17, 15) is 0 Å². The third-order valence-corrected chi connectivity index (χ3v) is 12.3. The normalized spacial score (nSPS) is 15.4. The van der Waals surface area contributed by atoms with Gasteiger partial charge in [0, 0.05) is 55.5 Å². The molecule has 0 heterocycles. The Balaban J connectivity index is 4.81. The van der Waals surface area contributed by atoms with Crippen LogP contribution in [0, 0.1) is 0 Å². The zero-order valence-corrected chi connectivity index (χ0v) is 22.2. The zero-order valence-electron chi connectivity index (χ0n) is 12.6. The van der Waals surface area contributed by atoms with Crippen LogP contribution < -0.4 is 0 Å². The van der Waals surface area contributed by atoms with Gasteiger partial charge in [0.05, 0.1) is 9.16 Å². The summed E-state index contributed by atoms with van der Waals surface area (Å²) in [5.74, 6) is 5.98. The molecule has 0 aromatic carbocycles. The van der Waals surface area contributed by atoms with Crippen molar-refractivity contribution in [3.63, 3.8) is 0 Å². The van der Waals surface area contributed by atoms with Gasteiger partial charge in [0.1, 0.15) is 0 Å². The Hall–Kier alpha value is 3.85. The minimum absolute atomic E-state index is 0.0177. The third kappa shape index (κ3) is 12.1. The molecule has 0 saturated carbocycles. The van der Waals surface area contributed by atoms with E-state index in [2.05, 4.69) is 101 Å². The van der Waals surface area contributed by atoms with Crippen molar-refractivity contribution in [2.75, 3.05) is 40.3 Å². The fourth-order valence-corrected chi connectivity index (χ4v) is 9.27. The summed E-state index contributed by atoms with van der Waals surface area (Å²) in [6.07, 6.45) is 0. The molecule has 0 amide bonds. The lowest BCUT2D eigenvalue weighted by Crippen LogP contribution is -2.39. The molecular formula is C12H26S11. The van der Waals surface area contributed by atoms with Crippen molar-refractivity contribution in [2.24, 2.45) is 0 Å². The second-order valence-electron chi connectivity index (χ2n) is 4.87. The summed E-state index contributed by atoms with van der Waals surface area (Å²) >= 11 is 41.4. The molecule has 0 aliphatic heterocycles. The van der Waals surface area contributed by atoms with Crippen molar-refractivity contribution in [3.8, 4) is 0 Å². The molecule has 0 spiro atoms. The SMILES string of the molecule is SCC(SCC(S)S)C(CS)SC(CS)(CS)CSCC(S)S. The van der Waals surface area contributed by atoms with Crippen molar-refractivity contribution >= 4 is 136 Å². The second-order valence-corrected chi connectivity index (χ2v) is 13.5. The number of thiol groups is 8. The minimum Gasteiger partial charge on any atom is -0.178 e. The number of rotatable bonds is 14. The van der Waals surface area contributed by atoms with Gasteiger partial charge in [-0.25, -0.2) is 0 Å². The van der Waals surface area contributed by atoms with Crippen molar-refractivity contribution in [2.45, 2.75) is 24.4 Å². The van der Waals surface area contributed by atoms with Crippen LogP contribution in [0.4, 0.5) is 0 Å². The predicted octanol–water partition coefficient (Wildman–Crippen LogP) is 4.75. The van der Waals surface area contributed by atoms with E-state index in [0.29, 0.717) is 10.5 Å². The van der Waals surface area contributed by atoms with Crippen LogP contribution in [-0.2, 0) is 0 Å². The van der Waals surface area contributed by atoms with Gasteiger partial charge in [0.15, 0.2) is 0 Å². The highest BCUT2D eigenvalue weighted by molar-refractivity contribution is 8.09. The van der Waals surface area contributed by atoms with Crippen molar-refractivity contribution in [1.29, 1.82) is 0 Å². The monoisotopic (exact) mass is 522 g/mol. The summed E-state index contributed by atoms with van der Waals surface area (Å²) in [6, 6.07) is 0. The molecule has 0 aromatic heterocycles. The maximum Gasteiger partial charge on any atom is 0.0532 e. The molecule has 0 radical (unpaired) electrons. The first kappa shape index (κ1) is 26.9. The molecular weight excluding hydrogens is 497 g/mol. The zero-order chi connectivity index (χ0) is 17.9. The molecule has 0 aliphatic rings. The Kier molecular flexibility index (Phi) is 18.4. The molecule has 0 aromatic rings. The third-order valence-electron chi connectivity index (χ3n) is 2.84. The fourth-order valence-electron chi connectivity index (χ4n) is 1.64. The van der Waals surface area contributed by atoms with Crippen LogP contribution in [-0.4, -0.2) is 64.7 Å². The smallest absolute Gasteiger partial charge is 0.0532 e. The number of thioether (sulfide) groups is 3. The van der Waals surface area contributed by atoms with E-state index in [1.54, 1.807) is 0 Å². The highest BCUT2D eigenvalue weighted by Gasteiger charge is 2.34. The van der Waals surface area contributed by atoms with Gasteiger partial charge in [-0.05, 0) is 0 Å². The topological polar surface area (TPSA) is 0 Å². The second kappa shape index (κ2) is 15.7. The molecule has 0 fully saturated rings. The lowest BCUT2D eigenvalue weighted by atomic mass is 10.2. The van der Waals surface area contributed by atoms with Crippen molar-refractivity contribution < 1.29 is 0 Å². The Bertz CT molecular complexity index is 282. The molecule has 11 heteroatoms. The number of hydrogen-bond acceptors (Lipinski definition) is 11. The lowest BCUT2D eigenvalue weighted by molar-refractivity contribution is 0.828. The van der Waals surface area contributed by atoms with Crippen molar-refractivity contribution in [3.05, 3.63) is 0 Å². The van der Waals surface area contributed by atoms with E-state index in [1.165, 1.54) is 0 Å². The van der Waals surface area contributed by atoms with Gasteiger partial charge < -0.3 is 0 Å². The van der Waals surface area contributed by atoms with Crippen LogP contribution in [0.5, 0.6) is 0 Å². The summed E-state index contributed by atoms with van der Waals surface area (Å²) in [7, 11) is 0. The van der Waals surface area contributed by atoms with E-state index < -0.39 is 0 Å². The molecule has 0 rings (SSSR count). The molecule has 2 unspecified atom stereocenters. The maximum atomic E-state index is 4.61. The average Bonchev–Trinajstić information content (AvgIpc) is 2.52. The Labute approximate surface area is 198 Å². The summed E-state index contributed by atoms with van der Waals surface area (Å²) < 4.78 is 0.210. The summed E-state index contributed by atoms with van der Waals surface area (Å²) in [6.45, 7) is 0. The molecule has 0 aliphatic carbocycles. The first-order valence-electron chi connectivity index (χ1n) is 6.87. The molecule has 23 heavy (non-hydrogen) atoms. The highest BCUT2D eigenvalue weighted by Crippen LogP contribution is 2.40. The van der Waals surface area contributed by atoms with Gasteiger partial charge >= 0.3 is 0 Å². The summed E-state index contributed by atoms with van der Waals surface area (Å²) in [4.78, 5) is 0. The van der Waals surface area contributed by atoms with Crippen LogP contribution in [0.15, 0.2) is 0 Å². The predicted molar refractivity (Wildman–Crippen MR) is 147 cm³/mol. The molecule has 0 bridgehead atoms. The highest BCUT2D eigenvalue weighted by atomic mass is 32.2. The maximum absolute atomic E-state index is 4.61. The van der Waals surface area contributed by atoms with Gasteiger partial charge in [-0.3, -0.25) is 0 Å². The molecule has 0 saturated heterocycles. The largest absolute Gasteiger partial charge is 0.178 e. The molecule has 0 N–H and O–H groups in total. The molecule has 2 atom stereocenters. The van der Waals surface area contributed by atoms with E-state index >= 15 is 0 Å². The van der Waals surface area contributed by atoms with E-state index in [-0.39, 0.29) is 13.9 Å². The van der Waals surface area contributed by atoms with Crippen LogP contribution in [0.2, 0.25) is 0 Å². The Morgan fingerprint density at radius 2 is 1.26 bits per heavy atom. The van der Waals surface area contributed by atoms with Gasteiger partial charge in [-0.2, -0.15) is 125 Å². The Morgan fingerprint density at radius 3 is 1.65 bits per heavy atom. The average molecular weight is 523 g/mol. The van der Waals surface area contributed by atoms with Gasteiger partial charge in [-0.1, -0.05) is 0 Å². The van der Waals surface area contributed by atoms with Gasteiger partial charge in [0.25, 0.3) is 0 Å². The minimum atomic E-state index is 0.0177. The standard InChI is InChI=1S/C12H26S11/c13-1-8(22-4-11(19)20)9(2-14)23-12(5-15,6-16)7-21-3-10(17)18/h8-11,13-20H,1-7H2. The fraction of sp³-hybridized carbons (Fsp3) is 1.00. The van der Waals surface area contributed by atoms with Crippen LogP contribution in [0.3, 0.4) is 0 Å². The summed E-state index contributed by atoms with van der Waals surface area (Å²) in [5.41, 5.74) is 0. The Morgan fingerprint density at radius 1 is 0.739 bits per heavy atom. The number of hydrogen-bond donors (Lipinski definition) is 8. The molecule has 0 nitrogen and oxygen atoms in total. The first-order chi connectivity index (χ1) is 10.8. The quantitative estimate of drug-likeness (QED) is 0.123. The lowest BCUT2D eigenvalue weighted by Gasteiger charge is -2.36. The van der Waals surface area contributed by atoms with E-state index in [4.69, 9.17) is 0 Å². The van der Waals surface area contributed by atoms with Gasteiger partial charge in [0.2, 0.25) is 0 Å². The first-order valence-corrected chi connectivity index (χ1v) is 14.5. The molecule has 140 valence electrons. The van der Waals surface area contributed by atoms with Crippen LogP contribution in [0.25, 0.3) is 0 Å². The van der Waals surface area contributed by atoms with Crippen LogP contribution >= 0.6 is 136 Å². The van der Waals surface area contributed by atoms with Crippen molar-refractivity contribution in [1.82, 2.24) is 0 Å². The van der Waals surface area contributed by atoms with E-state index in [1.807, 2.05) is 35.3 Å². The van der Waals surface area contributed by atoms with Crippen LogP contribution in [0.1, 0.15) is 0 Å². The van der Waals surface area contributed by atoms with Gasteiger partial charge in [-0.15, -0.1) is 11.8 Å². The van der Waals surface area contributed by atoms with E-state index in [0.717, 1.165) is 40.3 Å². The summed E-state index contributed by atoms with van der Waals surface area (Å²) in [5, 5.41) is 0.804.